The minimum atomic E-state index is -1.34. The Kier molecular flexibility index (Phi) is 10.5. The Balaban J connectivity index is 0.00000216. The molecule has 50 heavy (non-hydrogen) atoms. The third-order valence-electron chi connectivity index (χ3n) is 10.5. The minimum absolute atomic E-state index is 0. The Morgan fingerprint density at radius 1 is 0.560 bits per heavy atom. The minimum Gasteiger partial charge on any atom is -1.00 e. The second-order valence-corrected chi connectivity index (χ2v) is 17.0. The summed E-state index contributed by atoms with van der Waals surface area (Å²) in [5.74, 6) is 4.02. The van der Waals surface area contributed by atoms with Crippen molar-refractivity contribution in [1.82, 2.24) is 0 Å². The molecule has 0 spiro atoms. The van der Waals surface area contributed by atoms with E-state index >= 15 is 0 Å². The van der Waals surface area contributed by atoms with Crippen molar-refractivity contribution in [2.45, 2.75) is 55.2 Å². The van der Waals surface area contributed by atoms with Crippen molar-refractivity contribution in [2.24, 2.45) is 0 Å². The van der Waals surface area contributed by atoms with Gasteiger partial charge in [-0.2, -0.15) is 0 Å². The molecule has 0 saturated carbocycles. The van der Waals surface area contributed by atoms with Gasteiger partial charge in [-0.05, 0) is 0 Å². The molecular weight excluding hydrogens is 735 g/mol. The van der Waals surface area contributed by atoms with Gasteiger partial charge in [0.25, 0.3) is 0 Å². The van der Waals surface area contributed by atoms with Gasteiger partial charge in [-0.1, -0.05) is 0 Å². The zero-order chi connectivity index (χ0) is 33.1. The Morgan fingerprint density at radius 3 is 1.44 bits per heavy atom. The van der Waals surface area contributed by atoms with Gasteiger partial charge in [0.05, 0.1) is 0 Å². The molecule has 250 valence electrons. The van der Waals surface area contributed by atoms with Crippen molar-refractivity contribution in [1.29, 1.82) is 0 Å². The predicted octanol–water partition coefficient (Wildman–Crippen LogP) is 6.29. The molecule has 0 radical (unpaired) electrons. The Bertz CT molecular complexity index is 2260. The van der Waals surface area contributed by atoms with Crippen LogP contribution in [0.5, 0.6) is 0 Å². The van der Waals surface area contributed by atoms with E-state index in [0.29, 0.717) is 7.25 Å². The normalized spacial score (nSPS) is 15.7. The molecule has 6 aromatic rings. The van der Waals surface area contributed by atoms with Gasteiger partial charge in [0, 0.05) is 0 Å². The van der Waals surface area contributed by atoms with E-state index in [4.69, 9.17) is 8.83 Å². The van der Waals surface area contributed by atoms with Crippen molar-refractivity contribution < 1.29 is 56.9 Å². The zero-order valence-electron chi connectivity index (χ0n) is 29.3. The Hall–Kier alpha value is -3.62. The molecule has 0 saturated heterocycles. The molecule has 0 bridgehead atoms. The van der Waals surface area contributed by atoms with Crippen molar-refractivity contribution >= 4 is 23.3 Å². The average Bonchev–Trinajstić information content (AvgIpc) is 3.90. The van der Waals surface area contributed by atoms with Gasteiger partial charge in [-0.15, -0.1) is 0 Å². The van der Waals surface area contributed by atoms with Crippen LogP contribution in [0.4, 0.5) is 0 Å². The fourth-order valence-electron chi connectivity index (χ4n) is 7.75. The van der Waals surface area contributed by atoms with Crippen LogP contribution >= 0.6 is 0 Å². The van der Waals surface area contributed by atoms with Crippen LogP contribution < -0.4 is 24.8 Å². The van der Waals surface area contributed by atoms with E-state index < -0.39 is 23.2 Å². The summed E-state index contributed by atoms with van der Waals surface area (Å²) in [4.78, 5) is 0. The number of furan rings is 2. The summed E-state index contributed by atoms with van der Waals surface area (Å²) in [6, 6.07) is 35.5. The van der Waals surface area contributed by atoms with E-state index in [2.05, 4.69) is 151 Å². The number of rotatable bonds is 7. The fourth-order valence-corrected chi connectivity index (χ4v) is 12.6. The van der Waals surface area contributed by atoms with Gasteiger partial charge in [0.15, 0.2) is 0 Å². The van der Waals surface area contributed by atoms with Crippen molar-refractivity contribution in [3.63, 3.8) is 0 Å². The number of benzene rings is 4. The smallest absolute Gasteiger partial charge is 1.00 e. The quantitative estimate of drug-likeness (QED) is 0.191. The van der Waals surface area contributed by atoms with Crippen LogP contribution in [0.15, 0.2) is 106 Å². The first kappa shape index (κ1) is 36.2. The molecule has 0 amide bonds. The number of allylic oxidation sites excluding steroid dienone is 2. The molecule has 2 aliphatic carbocycles. The van der Waals surface area contributed by atoms with Crippen molar-refractivity contribution in [3.8, 4) is 22.3 Å². The van der Waals surface area contributed by atoms with Gasteiger partial charge in [-0.25, -0.2) is 0 Å². The third-order valence-corrected chi connectivity index (χ3v) is 15.2. The molecular formula is C45H40Cl2O2Zr. The van der Waals surface area contributed by atoms with E-state index in [0.717, 1.165) is 29.5 Å². The number of hydrogen-bond acceptors (Lipinski definition) is 2. The van der Waals surface area contributed by atoms with Gasteiger partial charge >= 0.3 is 297 Å². The van der Waals surface area contributed by atoms with Gasteiger partial charge in [-0.3, -0.25) is 0 Å². The van der Waals surface area contributed by atoms with E-state index in [1.807, 2.05) is 0 Å². The van der Waals surface area contributed by atoms with Crippen LogP contribution in [0.2, 0.25) is 0 Å². The maximum Gasteiger partial charge on any atom is -1.00 e. The first-order valence-corrected chi connectivity index (χ1v) is 19.9. The van der Waals surface area contributed by atoms with Crippen LogP contribution in [-0.2, 0) is 29.7 Å². The molecule has 8 rings (SSSR count). The van der Waals surface area contributed by atoms with E-state index in [1.165, 1.54) is 77.9 Å². The molecule has 2 unspecified atom stereocenters. The van der Waals surface area contributed by atoms with E-state index in [1.54, 1.807) is 0 Å². The van der Waals surface area contributed by atoms with Crippen molar-refractivity contribution in [2.75, 3.05) is 0 Å². The zero-order valence-corrected chi connectivity index (χ0v) is 33.3. The molecule has 2 atom stereocenters. The van der Waals surface area contributed by atoms with Crippen LogP contribution in [-0.4, -0.2) is 0 Å². The summed E-state index contributed by atoms with van der Waals surface area (Å²) in [7, 11) is 0. The number of halogens is 2. The molecule has 4 aromatic carbocycles. The average molecular weight is 775 g/mol. The standard InChI is InChI=1S/C23H21O.C22H19O.2ClH.Zr/c1-4-20-10-11-22(24-20)19-13-18-12-15(2)16(3)23(21(18)14-19)17-8-6-5-7-9-17;1-14-11-18-12-19(21-10-9-15(2)23-21)13-20(18)22(16(14)3)17-7-5-4-6-8-17;;;/h5-14H,4H2,1-3H3;4-13H,1-3H3;2*1H;/q;;;;+2/p-2. The topological polar surface area (TPSA) is 26.3 Å². The molecule has 0 fully saturated rings. The summed E-state index contributed by atoms with van der Waals surface area (Å²) >= 11 is -1.34. The van der Waals surface area contributed by atoms with E-state index in [-0.39, 0.29) is 24.8 Å². The third kappa shape index (κ3) is 6.17. The first-order chi connectivity index (χ1) is 23.3. The summed E-state index contributed by atoms with van der Waals surface area (Å²) in [5.41, 5.74) is 19.0. The summed E-state index contributed by atoms with van der Waals surface area (Å²) in [5, 5.41) is 0. The van der Waals surface area contributed by atoms with Crippen LogP contribution in [0, 0.1) is 34.6 Å². The molecule has 2 nitrogen and oxygen atoms in total. The molecule has 2 heterocycles. The van der Waals surface area contributed by atoms with E-state index in [9.17, 15) is 0 Å². The molecule has 2 aromatic heterocycles. The van der Waals surface area contributed by atoms with Crippen LogP contribution in [0.1, 0.15) is 81.7 Å². The predicted molar refractivity (Wildman–Crippen MR) is 195 cm³/mol. The number of aryl methyl sites for hydroxylation is 4. The monoisotopic (exact) mass is 772 g/mol. The largest absolute Gasteiger partial charge is 1.00 e. The van der Waals surface area contributed by atoms with Crippen molar-refractivity contribution in [3.05, 3.63) is 165 Å². The van der Waals surface area contributed by atoms with Gasteiger partial charge < -0.3 is 24.8 Å². The van der Waals surface area contributed by atoms with Gasteiger partial charge in [0.2, 0.25) is 0 Å². The summed E-state index contributed by atoms with van der Waals surface area (Å²) in [6.07, 6.45) is 5.82. The molecule has 2 aliphatic rings. The second-order valence-electron chi connectivity index (χ2n) is 13.4. The fraction of sp³-hybridized carbons (Fsp3) is 0.200. The molecule has 0 N–H and O–H groups in total. The second kappa shape index (κ2) is 14.6. The Labute approximate surface area is 320 Å². The first-order valence-electron chi connectivity index (χ1n) is 17.1. The molecule has 0 aliphatic heterocycles. The van der Waals surface area contributed by atoms with Gasteiger partial charge in [0.1, 0.15) is 0 Å². The SMILES string of the molecule is CCc1ccc(C2=Cc3c(cc(C)c(C)c3-c3ccccc3)[CH]2[Zr+2][CH]2C(c3ccc(C)o3)=Cc3c2cc(C)c(C)c3-c2ccccc2)o1.[Cl-].[Cl-]. The summed E-state index contributed by atoms with van der Waals surface area (Å²) in [6.45, 7) is 13.3. The molecule has 5 heteroatoms. The van der Waals surface area contributed by atoms with Crippen LogP contribution in [0.3, 0.4) is 0 Å². The number of hydrogen-bond donors (Lipinski definition) is 0. The maximum atomic E-state index is 6.57. The Morgan fingerprint density at radius 2 is 1.02 bits per heavy atom. The van der Waals surface area contributed by atoms with Crippen LogP contribution in [0.25, 0.3) is 45.6 Å². The number of fused-ring (bicyclic) bond motifs is 2. The summed E-state index contributed by atoms with van der Waals surface area (Å²) < 4.78 is 13.6. The maximum absolute atomic E-state index is 6.57.